The van der Waals surface area contributed by atoms with Gasteiger partial charge in [-0.1, -0.05) is 30.2 Å². The first-order valence-corrected chi connectivity index (χ1v) is 8.96. The average molecular weight is 389 g/mol. The van der Waals surface area contributed by atoms with Gasteiger partial charge in [0.05, 0.1) is 23.5 Å². The third-order valence-electron chi connectivity index (χ3n) is 4.18. The second-order valence-corrected chi connectivity index (χ2v) is 6.58. The first-order chi connectivity index (χ1) is 12.8. The average Bonchev–Trinajstić information content (AvgIpc) is 2.65. The van der Waals surface area contributed by atoms with Crippen molar-refractivity contribution in [3.63, 3.8) is 0 Å². The zero-order valence-corrected chi connectivity index (χ0v) is 16.5. The lowest BCUT2D eigenvalue weighted by Crippen LogP contribution is -2.31. The molecule has 0 saturated carbocycles. The van der Waals surface area contributed by atoms with Crippen molar-refractivity contribution in [2.75, 3.05) is 19.4 Å². The van der Waals surface area contributed by atoms with Crippen LogP contribution in [0.15, 0.2) is 36.0 Å². The molecule has 2 aromatic rings. The third kappa shape index (κ3) is 4.28. The normalized spacial score (nSPS) is 11.7. The number of anilines is 1. The summed E-state index contributed by atoms with van der Waals surface area (Å²) < 4.78 is 5.45. The second-order valence-electron chi connectivity index (χ2n) is 6.17. The number of carbonyl (C=O) groups excluding carboxylic acids is 1. The molecule has 0 heterocycles. The van der Waals surface area contributed by atoms with Gasteiger partial charge in [0.15, 0.2) is 0 Å². The highest BCUT2D eigenvalue weighted by atomic mass is 35.5. The van der Waals surface area contributed by atoms with Gasteiger partial charge in [-0.2, -0.15) is 0 Å². The molecule has 0 saturated heterocycles. The summed E-state index contributed by atoms with van der Waals surface area (Å²) >= 11 is 6.43. The fourth-order valence-corrected chi connectivity index (χ4v) is 2.99. The van der Waals surface area contributed by atoms with Crippen LogP contribution in [0.25, 0.3) is 16.8 Å². The van der Waals surface area contributed by atoms with E-state index >= 15 is 0 Å². The molecule has 27 heavy (non-hydrogen) atoms. The number of amides is 1. The Morgan fingerprint density at radius 2 is 1.93 bits per heavy atom. The monoisotopic (exact) mass is 388 g/mol. The van der Waals surface area contributed by atoms with Gasteiger partial charge < -0.3 is 27.3 Å². The number of rotatable bonds is 6. The Morgan fingerprint density at radius 1 is 1.22 bits per heavy atom. The molecular formula is C20H25ClN4O2. The quantitative estimate of drug-likeness (QED) is 0.448. The Morgan fingerprint density at radius 3 is 2.56 bits per heavy atom. The fraction of sp³-hybridized carbons (Fsp3) is 0.250. The highest BCUT2D eigenvalue weighted by Gasteiger charge is 2.19. The molecule has 0 aliphatic heterocycles. The summed E-state index contributed by atoms with van der Waals surface area (Å²) in [6.07, 6.45) is 0.791. The standard InChI is InChI=1S/C20H25ClN4O2/c1-4-9-25-20(26)19(24)18(23)12-6-7-14(21)16(17(12)22)13-10-11(2)5-8-15(13)27-3/h5-8,10H,4,9,22-24H2,1-3H3,(H,25,26)/b19-18+. The molecule has 7 N–H and O–H groups in total. The largest absolute Gasteiger partial charge is 0.496 e. The maximum absolute atomic E-state index is 12.1. The van der Waals surface area contributed by atoms with Crippen LogP contribution in [0, 0.1) is 6.92 Å². The van der Waals surface area contributed by atoms with Gasteiger partial charge in [-0.25, -0.2) is 0 Å². The zero-order chi connectivity index (χ0) is 20.1. The molecule has 0 aliphatic carbocycles. The van der Waals surface area contributed by atoms with Gasteiger partial charge in [0, 0.05) is 23.2 Å². The van der Waals surface area contributed by atoms with E-state index in [-0.39, 0.29) is 11.4 Å². The first kappa shape index (κ1) is 20.5. The van der Waals surface area contributed by atoms with Crippen LogP contribution in [0.3, 0.4) is 0 Å². The molecule has 0 bridgehead atoms. The third-order valence-corrected chi connectivity index (χ3v) is 4.49. The molecule has 2 aromatic carbocycles. The molecule has 0 fully saturated rings. The number of nitrogens with one attached hydrogen (secondary N) is 1. The van der Waals surface area contributed by atoms with Crippen LogP contribution in [0.2, 0.25) is 5.02 Å². The van der Waals surface area contributed by atoms with Crippen LogP contribution in [0.5, 0.6) is 5.75 Å². The van der Waals surface area contributed by atoms with Crippen LogP contribution in [-0.2, 0) is 4.79 Å². The number of nitrogens with two attached hydrogens (primary N) is 3. The number of ether oxygens (including phenoxy) is 1. The van der Waals surface area contributed by atoms with Gasteiger partial charge >= 0.3 is 0 Å². The molecule has 1 amide bonds. The van der Waals surface area contributed by atoms with Crippen molar-refractivity contribution < 1.29 is 9.53 Å². The van der Waals surface area contributed by atoms with Crippen LogP contribution in [-0.4, -0.2) is 19.6 Å². The Hall–Kier alpha value is -2.86. The van der Waals surface area contributed by atoms with E-state index in [9.17, 15) is 4.79 Å². The van der Waals surface area contributed by atoms with E-state index in [1.807, 2.05) is 32.0 Å². The Bertz CT molecular complexity index is 894. The minimum atomic E-state index is -0.432. The van der Waals surface area contributed by atoms with E-state index in [1.165, 1.54) is 0 Å². The highest BCUT2D eigenvalue weighted by molar-refractivity contribution is 6.34. The Balaban J connectivity index is 2.63. The summed E-state index contributed by atoms with van der Waals surface area (Å²) in [6, 6.07) is 9.03. The summed E-state index contributed by atoms with van der Waals surface area (Å²) in [5.74, 6) is 0.195. The Kier molecular flexibility index (Phi) is 6.58. The van der Waals surface area contributed by atoms with Crippen LogP contribution in [0.1, 0.15) is 24.5 Å². The molecule has 0 radical (unpaired) electrons. The van der Waals surface area contributed by atoms with Crippen LogP contribution in [0.4, 0.5) is 5.69 Å². The molecule has 7 heteroatoms. The van der Waals surface area contributed by atoms with Gasteiger partial charge in [0.2, 0.25) is 0 Å². The summed E-state index contributed by atoms with van der Waals surface area (Å²) in [4.78, 5) is 12.1. The molecule has 0 aromatic heterocycles. The van der Waals surface area contributed by atoms with Gasteiger partial charge in [-0.3, -0.25) is 4.79 Å². The summed E-state index contributed by atoms with van der Waals surface area (Å²) in [5.41, 5.74) is 21.6. The molecule has 0 aliphatic rings. The van der Waals surface area contributed by atoms with Crippen LogP contribution >= 0.6 is 11.6 Å². The maximum atomic E-state index is 12.1. The summed E-state index contributed by atoms with van der Waals surface area (Å²) in [6.45, 7) is 4.41. The second kappa shape index (κ2) is 8.68. The number of methoxy groups -OCH3 is 1. The van der Waals surface area contributed by atoms with Gasteiger partial charge in [-0.15, -0.1) is 0 Å². The predicted octanol–water partition coefficient (Wildman–Crippen LogP) is 3.02. The highest BCUT2D eigenvalue weighted by Crippen LogP contribution is 2.41. The first-order valence-electron chi connectivity index (χ1n) is 8.58. The SMILES string of the molecule is CCCNC(=O)/C(N)=C(\N)c1ccc(Cl)c(-c2cc(C)ccc2OC)c1N. The van der Waals surface area contributed by atoms with Gasteiger partial charge in [-0.05, 0) is 37.6 Å². The molecule has 6 nitrogen and oxygen atoms in total. The number of benzene rings is 2. The van der Waals surface area contributed by atoms with Crippen molar-refractivity contribution in [3.8, 4) is 16.9 Å². The van der Waals surface area contributed by atoms with Gasteiger partial charge in [0.25, 0.3) is 5.91 Å². The minimum absolute atomic E-state index is 0.0837. The van der Waals surface area contributed by atoms with E-state index in [0.717, 1.165) is 17.5 Å². The van der Waals surface area contributed by atoms with Crippen LogP contribution < -0.4 is 27.3 Å². The number of hydrogen-bond donors (Lipinski definition) is 4. The lowest BCUT2D eigenvalue weighted by Gasteiger charge is -2.17. The van der Waals surface area contributed by atoms with Crippen molar-refractivity contribution in [2.45, 2.75) is 20.3 Å². The molecular weight excluding hydrogens is 364 g/mol. The van der Waals surface area contributed by atoms with E-state index in [0.29, 0.717) is 34.1 Å². The lowest BCUT2D eigenvalue weighted by molar-refractivity contribution is -0.117. The predicted molar refractivity (Wildman–Crippen MR) is 111 cm³/mol. The van der Waals surface area contributed by atoms with Gasteiger partial charge in [0.1, 0.15) is 11.4 Å². The van der Waals surface area contributed by atoms with Crippen molar-refractivity contribution in [1.29, 1.82) is 0 Å². The minimum Gasteiger partial charge on any atom is -0.496 e. The van der Waals surface area contributed by atoms with E-state index in [1.54, 1.807) is 19.2 Å². The number of aryl methyl sites for hydroxylation is 1. The number of halogens is 1. The number of nitrogen functional groups attached to an aromatic ring is 1. The molecule has 0 unspecified atom stereocenters. The molecule has 0 atom stereocenters. The number of carbonyl (C=O) groups is 1. The van der Waals surface area contributed by atoms with Crippen molar-refractivity contribution in [3.05, 3.63) is 52.2 Å². The summed E-state index contributed by atoms with van der Waals surface area (Å²) in [5, 5.41) is 3.14. The van der Waals surface area contributed by atoms with E-state index in [2.05, 4.69) is 5.32 Å². The lowest BCUT2D eigenvalue weighted by atomic mass is 9.96. The summed E-state index contributed by atoms with van der Waals surface area (Å²) in [7, 11) is 1.58. The fourth-order valence-electron chi connectivity index (χ4n) is 2.72. The topological polar surface area (TPSA) is 116 Å². The van der Waals surface area contributed by atoms with E-state index in [4.69, 9.17) is 33.5 Å². The molecule has 0 spiro atoms. The molecule has 2 rings (SSSR count). The van der Waals surface area contributed by atoms with E-state index < -0.39 is 5.91 Å². The smallest absolute Gasteiger partial charge is 0.269 e. The maximum Gasteiger partial charge on any atom is 0.269 e. The van der Waals surface area contributed by atoms with Crippen molar-refractivity contribution in [2.24, 2.45) is 11.5 Å². The Labute approximate surface area is 164 Å². The number of hydrogen-bond acceptors (Lipinski definition) is 5. The van der Waals surface area contributed by atoms with Crippen molar-refractivity contribution >= 4 is 28.9 Å². The van der Waals surface area contributed by atoms with Crippen molar-refractivity contribution in [1.82, 2.24) is 5.32 Å². The molecule has 144 valence electrons. The zero-order valence-electron chi connectivity index (χ0n) is 15.7.